The van der Waals surface area contributed by atoms with Gasteiger partial charge in [0.15, 0.2) is 0 Å². The summed E-state index contributed by atoms with van der Waals surface area (Å²) in [5.41, 5.74) is 3.92. The van der Waals surface area contributed by atoms with E-state index in [1.807, 2.05) is 36.7 Å². The molecule has 2 aromatic rings. The molecule has 1 atom stereocenters. The third-order valence-corrected chi connectivity index (χ3v) is 5.63. The smallest absolute Gasteiger partial charge is 0.134 e. The molecule has 3 rings (SSSR count). The molecular weight excluding hydrogens is 342 g/mol. The summed E-state index contributed by atoms with van der Waals surface area (Å²) in [4.78, 5) is 7.58. The van der Waals surface area contributed by atoms with Crippen molar-refractivity contribution in [1.29, 1.82) is 5.26 Å². The number of aromatic nitrogens is 1. The lowest BCUT2D eigenvalue weighted by Gasteiger charge is -2.34. The van der Waals surface area contributed by atoms with Crippen LogP contribution in [0.25, 0.3) is 0 Å². The van der Waals surface area contributed by atoms with Crippen LogP contribution in [0, 0.1) is 18.3 Å². The molecule has 1 aromatic carbocycles. The molecule has 1 aromatic heterocycles. The minimum Gasteiger partial charge on any atom is -0.373 e. The second-order valence-corrected chi connectivity index (χ2v) is 7.33. The zero-order valence-corrected chi connectivity index (χ0v) is 15.2. The van der Waals surface area contributed by atoms with Crippen molar-refractivity contribution >= 4 is 22.9 Å². The molecule has 0 amide bonds. The van der Waals surface area contributed by atoms with Crippen LogP contribution in [0.5, 0.6) is 0 Å². The Hall–Kier alpha value is -1.45. The van der Waals surface area contributed by atoms with Crippen LogP contribution in [0.2, 0.25) is 5.02 Å². The number of rotatable bonds is 5. The van der Waals surface area contributed by atoms with Crippen molar-refractivity contribution in [3.05, 3.63) is 50.9 Å². The first-order valence-corrected chi connectivity index (χ1v) is 9.33. The Morgan fingerprint density at radius 1 is 1.38 bits per heavy atom. The normalized spacial score (nSPS) is 17.5. The van der Waals surface area contributed by atoms with Crippen LogP contribution in [0.3, 0.4) is 0 Å². The molecule has 2 heterocycles. The van der Waals surface area contributed by atoms with E-state index in [4.69, 9.17) is 16.3 Å². The van der Waals surface area contributed by atoms with Gasteiger partial charge in [0.1, 0.15) is 6.04 Å². The predicted molar refractivity (Wildman–Crippen MR) is 96.0 cm³/mol. The monoisotopic (exact) mass is 361 g/mol. The zero-order chi connectivity index (χ0) is 16.9. The maximum absolute atomic E-state index is 9.56. The Labute approximate surface area is 151 Å². The van der Waals surface area contributed by atoms with E-state index in [-0.39, 0.29) is 12.1 Å². The Balaban J connectivity index is 1.51. The molecular formula is C18H20ClN3OS. The van der Waals surface area contributed by atoms with Crippen molar-refractivity contribution in [1.82, 2.24) is 9.88 Å². The number of aryl methyl sites for hydroxylation is 1. The molecule has 24 heavy (non-hydrogen) atoms. The van der Waals surface area contributed by atoms with Crippen molar-refractivity contribution in [2.45, 2.75) is 38.5 Å². The van der Waals surface area contributed by atoms with Crippen LogP contribution in [0.1, 0.15) is 35.0 Å². The van der Waals surface area contributed by atoms with Crippen molar-refractivity contribution in [3.8, 4) is 6.07 Å². The fraction of sp³-hybridized carbons (Fsp3) is 0.444. The van der Waals surface area contributed by atoms with E-state index in [1.54, 1.807) is 11.3 Å². The third kappa shape index (κ3) is 4.14. The number of nitriles is 1. The van der Waals surface area contributed by atoms with Gasteiger partial charge in [-0.05, 0) is 37.5 Å². The van der Waals surface area contributed by atoms with E-state index >= 15 is 0 Å². The zero-order valence-electron chi connectivity index (χ0n) is 13.6. The highest BCUT2D eigenvalue weighted by Gasteiger charge is 2.28. The van der Waals surface area contributed by atoms with E-state index in [0.29, 0.717) is 6.61 Å². The van der Waals surface area contributed by atoms with Gasteiger partial charge in [0, 0.05) is 18.1 Å². The first-order valence-electron chi connectivity index (χ1n) is 8.07. The molecule has 0 radical (unpaired) electrons. The number of nitrogens with zero attached hydrogens (tertiary/aromatic N) is 3. The van der Waals surface area contributed by atoms with Gasteiger partial charge < -0.3 is 4.74 Å². The lowest BCUT2D eigenvalue weighted by Crippen LogP contribution is -2.39. The first-order chi connectivity index (χ1) is 11.7. The molecule has 1 aliphatic rings. The largest absolute Gasteiger partial charge is 0.373 e. The van der Waals surface area contributed by atoms with Gasteiger partial charge in [0.25, 0.3) is 0 Å². The molecule has 0 aliphatic carbocycles. The van der Waals surface area contributed by atoms with Crippen LogP contribution < -0.4 is 0 Å². The SMILES string of the molecule is Cc1ncsc1C(C#N)N1CCC(OCc2ccc(Cl)cc2)CC1. The lowest BCUT2D eigenvalue weighted by molar-refractivity contribution is -0.00676. The second kappa shape index (κ2) is 8.09. The van der Waals surface area contributed by atoms with Crippen molar-refractivity contribution < 1.29 is 4.74 Å². The highest BCUT2D eigenvalue weighted by molar-refractivity contribution is 7.09. The Morgan fingerprint density at radius 3 is 2.67 bits per heavy atom. The van der Waals surface area contributed by atoms with Crippen LogP contribution >= 0.6 is 22.9 Å². The van der Waals surface area contributed by atoms with Crippen LogP contribution in [0.4, 0.5) is 0 Å². The van der Waals surface area contributed by atoms with E-state index < -0.39 is 0 Å². The molecule has 1 saturated heterocycles. The number of halogens is 1. The Kier molecular flexibility index (Phi) is 5.85. The Morgan fingerprint density at radius 2 is 2.08 bits per heavy atom. The van der Waals surface area contributed by atoms with E-state index in [0.717, 1.165) is 47.1 Å². The van der Waals surface area contributed by atoms with Gasteiger partial charge in [-0.2, -0.15) is 5.26 Å². The van der Waals surface area contributed by atoms with E-state index in [9.17, 15) is 5.26 Å². The van der Waals surface area contributed by atoms with Gasteiger partial charge in [-0.1, -0.05) is 23.7 Å². The summed E-state index contributed by atoms with van der Waals surface area (Å²) in [6.07, 6.45) is 2.14. The number of likely N-dealkylation sites (tertiary alicyclic amines) is 1. The van der Waals surface area contributed by atoms with Gasteiger partial charge >= 0.3 is 0 Å². The molecule has 0 bridgehead atoms. The van der Waals surface area contributed by atoms with Crippen LogP contribution in [-0.2, 0) is 11.3 Å². The van der Waals surface area contributed by atoms with Crippen molar-refractivity contribution in [2.75, 3.05) is 13.1 Å². The average molecular weight is 362 g/mol. The summed E-state index contributed by atoms with van der Waals surface area (Å²) in [5.74, 6) is 0. The maximum atomic E-state index is 9.56. The summed E-state index contributed by atoms with van der Waals surface area (Å²) in [6, 6.07) is 10.0. The molecule has 1 fully saturated rings. The van der Waals surface area contributed by atoms with Crippen LogP contribution in [-0.4, -0.2) is 29.1 Å². The fourth-order valence-corrected chi connectivity index (χ4v) is 3.98. The number of hydrogen-bond acceptors (Lipinski definition) is 5. The highest BCUT2D eigenvalue weighted by atomic mass is 35.5. The number of piperidine rings is 1. The average Bonchev–Trinajstić information content (AvgIpc) is 3.02. The van der Waals surface area contributed by atoms with Gasteiger partial charge in [0.2, 0.25) is 0 Å². The van der Waals surface area contributed by atoms with Crippen LogP contribution in [0.15, 0.2) is 29.8 Å². The summed E-state index contributed by atoms with van der Waals surface area (Å²) >= 11 is 7.47. The first kappa shape index (κ1) is 17.4. The van der Waals surface area contributed by atoms with Gasteiger partial charge in [-0.15, -0.1) is 11.3 Å². The fourth-order valence-electron chi connectivity index (χ4n) is 2.97. The van der Waals surface area contributed by atoms with E-state index in [1.165, 1.54) is 0 Å². The molecule has 4 nitrogen and oxygen atoms in total. The lowest BCUT2D eigenvalue weighted by atomic mass is 10.0. The Bertz CT molecular complexity index is 702. The maximum Gasteiger partial charge on any atom is 0.134 e. The van der Waals surface area contributed by atoms with Gasteiger partial charge in [-0.3, -0.25) is 4.90 Å². The summed E-state index contributed by atoms with van der Waals surface area (Å²) in [7, 11) is 0. The minimum atomic E-state index is -0.185. The second-order valence-electron chi connectivity index (χ2n) is 6.01. The minimum absolute atomic E-state index is 0.185. The quantitative estimate of drug-likeness (QED) is 0.794. The molecule has 0 N–H and O–H groups in total. The molecule has 6 heteroatoms. The molecule has 126 valence electrons. The highest BCUT2D eigenvalue weighted by Crippen LogP contribution is 2.29. The standard InChI is InChI=1S/C18H20ClN3OS/c1-13-18(24-12-21-13)17(10-20)22-8-6-16(7-9-22)23-11-14-2-4-15(19)5-3-14/h2-5,12,16-17H,6-9,11H2,1H3. The number of hydrogen-bond donors (Lipinski definition) is 0. The van der Waals surface area contributed by atoms with Gasteiger partial charge in [0.05, 0.1) is 34.9 Å². The number of benzene rings is 1. The van der Waals surface area contributed by atoms with E-state index in [2.05, 4.69) is 16.0 Å². The van der Waals surface area contributed by atoms with Crippen molar-refractivity contribution in [2.24, 2.45) is 0 Å². The number of thiazole rings is 1. The third-order valence-electron chi connectivity index (χ3n) is 4.39. The molecule has 1 aliphatic heterocycles. The summed E-state index contributed by atoms with van der Waals surface area (Å²) in [5, 5.41) is 10.3. The summed E-state index contributed by atoms with van der Waals surface area (Å²) in [6.45, 7) is 4.33. The van der Waals surface area contributed by atoms with Crippen molar-refractivity contribution in [3.63, 3.8) is 0 Å². The molecule has 1 unspecified atom stereocenters. The molecule has 0 saturated carbocycles. The summed E-state index contributed by atoms with van der Waals surface area (Å²) < 4.78 is 6.02. The number of ether oxygens (including phenoxy) is 1. The van der Waals surface area contributed by atoms with Gasteiger partial charge in [-0.25, -0.2) is 4.98 Å². The predicted octanol–water partition coefficient (Wildman–Crippen LogP) is 4.35. The topological polar surface area (TPSA) is 49.2 Å². The molecule has 0 spiro atoms.